The summed E-state index contributed by atoms with van der Waals surface area (Å²) in [5.41, 5.74) is 0.667. The molecule has 1 saturated carbocycles. The summed E-state index contributed by atoms with van der Waals surface area (Å²) in [4.78, 5) is 38.1. The predicted octanol–water partition coefficient (Wildman–Crippen LogP) is 0.226. The van der Waals surface area contributed by atoms with Gasteiger partial charge in [-0.3, -0.25) is 19.4 Å². The van der Waals surface area contributed by atoms with Crippen LogP contribution in [0, 0.1) is 0 Å². The topological polar surface area (TPSA) is 90.6 Å². The number of carbonyl (C=O) groups is 1. The summed E-state index contributed by atoms with van der Waals surface area (Å²) < 4.78 is 0. The number of carbonyl (C=O) groups excluding carboxylic acids is 1. The van der Waals surface area contributed by atoms with Gasteiger partial charge < -0.3 is 10.2 Å². The highest BCUT2D eigenvalue weighted by Gasteiger charge is 2.33. The van der Waals surface area contributed by atoms with Crippen molar-refractivity contribution < 1.29 is 9.63 Å². The minimum Gasteiger partial charge on any atom is -0.353 e. The smallest absolute Gasteiger partial charge is 0.252 e. The first kappa shape index (κ1) is 16.9. The fourth-order valence-corrected chi connectivity index (χ4v) is 3.06. The van der Waals surface area contributed by atoms with Gasteiger partial charge in [0, 0.05) is 51.6 Å². The zero-order chi connectivity index (χ0) is 17.1. The third-order valence-electron chi connectivity index (χ3n) is 4.51. The molecule has 8 heteroatoms. The second kappa shape index (κ2) is 7.31. The van der Waals surface area contributed by atoms with E-state index >= 15 is 0 Å². The van der Waals surface area contributed by atoms with Gasteiger partial charge in [0.1, 0.15) is 0 Å². The molecule has 1 amide bonds. The van der Waals surface area contributed by atoms with Crippen molar-refractivity contribution in [1.29, 1.82) is 0 Å². The van der Waals surface area contributed by atoms with Gasteiger partial charge in [0.15, 0.2) is 0 Å². The summed E-state index contributed by atoms with van der Waals surface area (Å²) in [5.74, 6) is 0.857. The second-order valence-corrected chi connectivity index (χ2v) is 6.69. The first-order valence-corrected chi connectivity index (χ1v) is 8.47. The summed E-state index contributed by atoms with van der Waals surface area (Å²) in [6.45, 7) is 2.30. The van der Waals surface area contributed by atoms with Gasteiger partial charge in [0.05, 0.1) is 12.3 Å². The second-order valence-electron chi connectivity index (χ2n) is 6.69. The van der Waals surface area contributed by atoms with Gasteiger partial charge in [-0.1, -0.05) is 0 Å². The summed E-state index contributed by atoms with van der Waals surface area (Å²) in [7, 11) is 3.69. The molecular weight excluding hydrogens is 310 g/mol. The molecule has 0 bridgehead atoms. The molecule has 2 fully saturated rings. The first-order valence-electron chi connectivity index (χ1n) is 8.47. The van der Waals surface area contributed by atoms with Crippen LogP contribution in [-0.4, -0.2) is 60.8 Å². The molecule has 8 nitrogen and oxygen atoms in total. The van der Waals surface area contributed by atoms with E-state index in [1.165, 1.54) is 0 Å². The number of nitrogens with zero attached hydrogens (tertiary/aromatic N) is 3. The van der Waals surface area contributed by atoms with Gasteiger partial charge in [-0.15, -0.1) is 0 Å². The van der Waals surface area contributed by atoms with Gasteiger partial charge in [0.2, 0.25) is 11.9 Å². The number of aromatic nitrogens is 2. The van der Waals surface area contributed by atoms with Crippen LogP contribution in [0.1, 0.15) is 37.3 Å². The van der Waals surface area contributed by atoms with Gasteiger partial charge >= 0.3 is 0 Å². The van der Waals surface area contributed by atoms with E-state index < -0.39 is 0 Å². The summed E-state index contributed by atoms with van der Waals surface area (Å²) in [6, 6.07) is 1.73. The number of hydroxylamine groups is 2. The molecule has 0 aromatic carbocycles. The molecule has 0 spiro atoms. The van der Waals surface area contributed by atoms with Crippen LogP contribution in [0.25, 0.3) is 0 Å². The molecular formula is C16H25N5O3. The minimum atomic E-state index is -0.137. The zero-order valence-corrected chi connectivity index (χ0v) is 14.2. The van der Waals surface area contributed by atoms with E-state index in [2.05, 4.69) is 15.3 Å². The highest BCUT2D eigenvalue weighted by atomic mass is 16.7. The minimum absolute atomic E-state index is 0.0572. The lowest BCUT2D eigenvalue weighted by Crippen LogP contribution is -2.44. The standard InChI is InChI=1S/C16H25N5O3/c1-20(2)16-18-13(10-15(23)19-16)11-8-12(9-11)17-14(22)4-6-21-5-3-7-24-21/h10-12H,3-9H2,1-2H3,(H,17,22)(H,18,19,23). The van der Waals surface area contributed by atoms with Crippen molar-refractivity contribution in [2.24, 2.45) is 0 Å². The van der Waals surface area contributed by atoms with Crippen LogP contribution in [-0.2, 0) is 9.63 Å². The van der Waals surface area contributed by atoms with Crippen molar-refractivity contribution in [2.45, 2.75) is 37.6 Å². The van der Waals surface area contributed by atoms with Gasteiger partial charge in [-0.2, -0.15) is 5.06 Å². The quantitative estimate of drug-likeness (QED) is 0.773. The lowest BCUT2D eigenvalue weighted by atomic mass is 9.78. The van der Waals surface area contributed by atoms with Gasteiger partial charge in [0.25, 0.3) is 5.56 Å². The van der Waals surface area contributed by atoms with E-state index in [9.17, 15) is 9.59 Å². The molecule has 1 saturated heterocycles. The molecule has 2 N–H and O–H groups in total. The zero-order valence-electron chi connectivity index (χ0n) is 14.2. The number of H-pyrrole nitrogens is 1. The van der Waals surface area contributed by atoms with Crippen LogP contribution >= 0.6 is 0 Å². The van der Waals surface area contributed by atoms with Crippen LogP contribution < -0.4 is 15.8 Å². The maximum Gasteiger partial charge on any atom is 0.252 e. The van der Waals surface area contributed by atoms with Crippen molar-refractivity contribution in [2.75, 3.05) is 38.7 Å². The number of hydrogen-bond acceptors (Lipinski definition) is 6. The molecule has 24 heavy (non-hydrogen) atoms. The number of hydrogen-bond donors (Lipinski definition) is 2. The van der Waals surface area contributed by atoms with Crippen molar-refractivity contribution in [3.63, 3.8) is 0 Å². The summed E-state index contributed by atoms with van der Waals surface area (Å²) in [5, 5.41) is 4.90. The number of anilines is 1. The molecule has 3 rings (SSSR count). The fourth-order valence-electron chi connectivity index (χ4n) is 3.06. The molecule has 0 unspecified atom stereocenters. The maximum absolute atomic E-state index is 12.0. The Morgan fingerprint density at radius 1 is 1.50 bits per heavy atom. The normalized spacial score (nSPS) is 23.8. The number of nitrogens with one attached hydrogen (secondary N) is 2. The third-order valence-corrected chi connectivity index (χ3v) is 4.51. The van der Waals surface area contributed by atoms with Crippen molar-refractivity contribution in [1.82, 2.24) is 20.3 Å². The van der Waals surface area contributed by atoms with E-state index in [1.807, 2.05) is 19.2 Å². The average molecular weight is 335 g/mol. The molecule has 1 aromatic heterocycles. The lowest BCUT2D eigenvalue weighted by molar-refractivity contribution is -0.131. The predicted molar refractivity (Wildman–Crippen MR) is 89.8 cm³/mol. The van der Waals surface area contributed by atoms with Gasteiger partial charge in [-0.05, 0) is 19.3 Å². The molecule has 1 aliphatic heterocycles. The average Bonchev–Trinajstić information content (AvgIpc) is 3.01. The Hall–Kier alpha value is -1.93. The molecule has 1 aromatic rings. The number of amides is 1. The molecule has 2 heterocycles. The fraction of sp³-hybridized carbons (Fsp3) is 0.688. The Kier molecular flexibility index (Phi) is 5.15. The van der Waals surface area contributed by atoms with Gasteiger partial charge in [-0.25, -0.2) is 4.98 Å². The Labute approximate surface area is 141 Å². The highest BCUT2D eigenvalue weighted by molar-refractivity contribution is 5.76. The first-order chi connectivity index (χ1) is 11.5. The van der Waals surface area contributed by atoms with E-state index in [1.54, 1.807) is 11.0 Å². The largest absolute Gasteiger partial charge is 0.353 e. The Morgan fingerprint density at radius 2 is 2.29 bits per heavy atom. The van der Waals surface area contributed by atoms with Crippen LogP contribution in [0.3, 0.4) is 0 Å². The van der Waals surface area contributed by atoms with E-state index in [0.29, 0.717) is 18.9 Å². The number of rotatable bonds is 6. The molecule has 0 radical (unpaired) electrons. The number of aromatic amines is 1. The Balaban J connectivity index is 1.45. The van der Waals surface area contributed by atoms with Crippen molar-refractivity contribution >= 4 is 11.9 Å². The van der Waals surface area contributed by atoms with E-state index in [4.69, 9.17) is 4.84 Å². The molecule has 2 aliphatic rings. The van der Waals surface area contributed by atoms with Crippen LogP contribution in [0.4, 0.5) is 5.95 Å². The van der Waals surface area contributed by atoms with Crippen molar-refractivity contribution in [3.8, 4) is 0 Å². The van der Waals surface area contributed by atoms with Crippen LogP contribution in [0.2, 0.25) is 0 Å². The van der Waals surface area contributed by atoms with Crippen LogP contribution in [0.5, 0.6) is 0 Å². The third kappa shape index (κ3) is 4.12. The maximum atomic E-state index is 12.0. The molecule has 0 atom stereocenters. The SMILES string of the molecule is CN(C)c1nc(C2CC(NC(=O)CCN3CCCO3)C2)cc(=O)[nH]1. The lowest BCUT2D eigenvalue weighted by Gasteiger charge is -2.35. The summed E-state index contributed by atoms with van der Waals surface area (Å²) >= 11 is 0. The van der Waals surface area contributed by atoms with E-state index in [-0.39, 0.29) is 23.4 Å². The van der Waals surface area contributed by atoms with Crippen LogP contribution in [0.15, 0.2) is 10.9 Å². The Morgan fingerprint density at radius 3 is 2.96 bits per heavy atom. The Bertz CT molecular complexity index is 633. The summed E-state index contributed by atoms with van der Waals surface area (Å²) in [6.07, 6.45) is 3.14. The highest BCUT2D eigenvalue weighted by Crippen LogP contribution is 2.35. The van der Waals surface area contributed by atoms with E-state index in [0.717, 1.165) is 38.1 Å². The monoisotopic (exact) mass is 335 g/mol. The van der Waals surface area contributed by atoms with Crippen molar-refractivity contribution in [3.05, 3.63) is 22.1 Å². The molecule has 132 valence electrons. The molecule has 1 aliphatic carbocycles.